The average Bonchev–Trinajstić information content (AvgIpc) is 1.47. The number of furan rings is 2. The van der Waals surface area contributed by atoms with Gasteiger partial charge in [0, 0.05) is 54.4 Å². The maximum atomic E-state index is 7.14. The SMILES string of the molecule is CC1(C)c2ccccc2-c2c1c1c(c3c2oc2ccccc23)-c2ccc(CC(Cc3ccc4c(c3)c3ccccc3n4-c3ccccc3)c3ccc4c(c3)C3(c5ccccc5-c5ccccc53)c3cc5c(cc3-4)C3(c4ccccc4-c4ccccc43)c3ccc4oc6ccccc6c4c3-5)cc2C1(C)C. The van der Waals surface area contributed by atoms with Crippen molar-refractivity contribution in [2.45, 2.75) is 68.1 Å². The van der Waals surface area contributed by atoms with Gasteiger partial charge in [-0.1, -0.05) is 270 Å². The summed E-state index contributed by atoms with van der Waals surface area (Å²) in [7, 11) is 0. The highest BCUT2D eigenvalue weighted by molar-refractivity contribution is 6.21. The Bertz CT molecular complexity index is 6850. The molecule has 0 aliphatic heterocycles. The summed E-state index contributed by atoms with van der Waals surface area (Å²) >= 11 is 0. The molecule has 0 fully saturated rings. The maximum absolute atomic E-state index is 7.14. The second-order valence-corrected chi connectivity index (χ2v) is 31.5. The fourth-order valence-electron chi connectivity index (χ4n) is 21.9. The highest BCUT2D eigenvalue weighted by Gasteiger charge is 2.57. The Morgan fingerprint density at radius 3 is 1.46 bits per heavy atom. The van der Waals surface area contributed by atoms with Gasteiger partial charge in [0.15, 0.2) is 0 Å². The summed E-state index contributed by atoms with van der Waals surface area (Å²) in [4.78, 5) is 0. The van der Waals surface area contributed by atoms with E-state index in [2.05, 4.69) is 336 Å². The first-order chi connectivity index (χ1) is 51.1. The zero-order chi connectivity index (χ0) is 68.4. The molecule has 2 spiro atoms. The van der Waals surface area contributed by atoms with Crippen LogP contribution in [0.5, 0.6) is 0 Å². The Labute approximate surface area is 602 Å². The fourth-order valence-corrected chi connectivity index (χ4v) is 21.9. The lowest BCUT2D eigenvalue weighted by Gasteiger charge is -2.32. The van der Waals surface area contributed by atoms with Crippen LogP contribution < -0.4 is 0 Å². The number of rotatable bonds is 6. The first kappa shape index (κ1) is 57.3. The molecule has 0 radical (unpaired) electrons. The molecular weight excluding hydrogens is 1260 g/mol. The standard InChI is InChI=1S/C101H67NO2/c1-98(2)75-34-16-12-31-68(75)94-96(98)95-92(93-71-33-15-23-41-88(71)104-97(93)94)69-45-42-58(53-81(69)99(95,3)4)51-60(50-57-43-48-86-73(52-57)67-30-13-21-39-85(67)102(86)61-24-6-5-7-25-61)59-44-46-66-72-55-84-74(56-83(72)101(82(66)54-59)78-37-19-10-28-64(78)65-29-11-20-38-79(65)101)90-80(47-49-89-91(90)70-32-14-22-40-87(70)103-89)100(84)76-35-17-8-26-62(76)63-27-9-18-36-77(63)100/h5-49,52-56,60H,50-51H2,1-4H3. The van der Waals surface area contributed by atoms with Crippen molar-refractivity contribution in [3.8, 4) is 72.4 Å². The zero-order valence-corrected chi connectivity index (χ0v) is 58.1. The molecule has 3 heteroatoms. The van der Waals surface area contributed by atoms with E-state index in [1.807, 2.05) is 0 Å². The summed E-state index contributed by atoms with van der Waals surface area (Å²) in [6.07, 6.45) is 1.66. The molecule has 6 aliphatic carbocycles. The van der Waals surface area contributed by atoms with Crippen molar-refractivity contribution in [1.82, 2.24) is 4.57 Å². The predicted octanol–water partition coefficient (Wildman–Crippen LogP) is 25.5. The topological polar surface area (TPSA) is 31.2 Å². The summed E-state index contributed by atoms with van der Waals surface area (Å²) in [5.41, 5.74) is 41.3. The van der Waals surface area contributed by atoms with E-state index < -0.39 is 10.8 Å². The molecule has 3 aromatic heterocycles. The van der Waals surface area contributed by atoms with Crippen LogP contribution in [0.1, 0.15) is 117 Å². The van der Waals surface area contributed by atoms with E-state index in [0.29, 0.717) is 0 Å². The van der Waals surface area contributed by atoms with Gasteiger partial charge in [-0.3, -0.25) is 0 Å². The lowest BCUT2D eigenvalue weighted by molar-refractivity contribution is 0.599. The third kappa shape index (κ3) is 6.90. The largest absolute Gasteiger partial charge is 0.456 e. The summed E-state index contributed by atoms with van der Waals surface area (Å²) in [5, 5.41) is 7.28. The number of para-hydroxylation sites is 4. The van der Waals surface area contributed by atoms with Crippen LogP contribution in [-0.2, 0) is 34.5 Å². The maximum Gasteiger partial charge on any atom is 0.144 e. The van der Waals surface area contributed by atoms with Gasteiger partial charge in [0.1, 0.15) is 22.3 Å². The molecule has 6 aliphatic rings. The van der Waals surface area contributed by atoms with Crippen molar-refractivity contribution in [1.29, 1.82) is 0 Å². The first-order valence-electron chi connectivity index (χ1n) is 37.1. The van der Waals surface area contributed by atoms with Crippen molar-refractivity contribution in [3.63, 3.8) is 0 Å². The van der Waals surface area contributed by atoms with Gasteiger partial charge in [0.2, 0.25) is 0 Å². The molecule has 1 unspecified atom stereocenters. The van der Waals surface area contributed by atoms with E-state index in [-0.39, 0.29) is 16.7 Å². The second-order valence-electron chi connectivity index (χ2n) is 31.5. The van der Waals surface area contributed by atoms with Crippen LogP contribution in [-0.4, -0.2) is 4.57 Å². The normalized spacial score (nSPS) is 15.7. The van der Waals surface area contributed by atoms with Crippen LogP contribution in [0.2, 0.25) is 0 Å². The van der Waals surface area contributed by atoms with E-state index in [1.54, 1.807) is 0 Å². The lowest BCUT2D eigenvalue weighted by atomic mass is 9.68. The van der Waals surface area contributed by atoms with Gasteiger partial charge in [-0.15, -0.1) is 0 Å². The number of benzene rings is 15. The fraction of sp³-hybridized carbons (Fsp3) is 0.109. The van der Waals surface area contributed by atoms with Gasteiger partial charge in [-0.05, 0) is 224 Å². The minimum Gasteiger partial charge on any atom is -0.456 e. The third-order valence-electron chi connectivity index (χ3n) is 26.0. The van der Waals surface area contributed by atoms with Gasteiger partial charge in [0.05, 0.1) is 21.9 Å². The molecule has 18 aromatic rings. The summed E-state index contributed by atoms with van der Waals surface area (Å²) in [6, 6.07) is 116. The highest BCUT2D eigenvalue weighted by atomic mass is 16.3. The van der Waals surface area contributed by atoms with Crippen LogP contribution in [0, 0.1) is 0 Å². The molecule has 0 N–H and O–H groups in total. The van der Waals surface area contributed by atoms with E-state index in [1.165, 1.54) is 194 Å². The lowest BCUT2D eigenvalue weighted by Crippen LogP contribution is -2.27. The van der Waals surface area contributed by atoms with Crippen molar-refractivity contribution in [2.24, 2.45) is 0 Å². The molecule has 0 saturated heterocycles. The minimum absolute atomic E-state index is 0.0642. The Balaban J connectivity index is 0.743. The Hall–Kier alpha value is -12.3. The molecule has 3 nitrogen and oxygen atoms in total. The van der Waals surface area contributed by atoms with Crippen molar-refractivity contribution in [3.05, 3.63) is 387 Å². The summed E-state index contributed by atoms with van der Waals surface area (Å²) in [6.45, 7) is 9.89. The van der Waals surface area contributed by atoms with Crippen molar-refractivity contribution < 1.29 is 8.83 Å². The van der Waals surface area contributed by atoms with Gasteiger partial charge in [-0.25, -0.2) is 0 Å². The monoisotopic (exact) mass is 1330 g/mol. The molecule has 0 amide bonds. The summed E-state index contributed by atoms with van der Waals surface area (Å²) < 4.78 is 16.5. The van der Waals surface area contributed by atoms with Crippen molar-refractivity contribution in [2.75, 3.05) is 0 Å². The smallest absolute Gasteiger partial charge is 0.144 e. The quantitative estimate of drug-likeness (QED) is 0.166. The van der Waals surface area contributed by atoms with E-state index >= 15 is 0 Å². The average molecular weight is 1330 g/mol. The van der Waals surface area contributed by atoms with E-state index in [0.717, 1.165) is 40.6 Å². The Morgan fingerprint density at radius 1 is 0.288 bits per heavy atom. The predicted molar refractivity (Wildman–Crippen MR) is 426 cm³/mol. The molecule has 0 bridgehead atoms. The van der Waals surface area contributed by atoms with Crippen LogP contribution in [0.25, 0.3) is 138 Å². The van der Waals surface area contributed by atoms with Crippen LogP contribution in [0.4, 0.5) is 0 Å². The Kier molecular flexibility index (Phi) is 10.9. The van der Waals surface area contributed by atoms with Gasteiger partial charge in [0.25, 0.3) is 0 Å². The molecule has 1 atom stereocenters. The van der Waals surface area contributed by atoms with Crippen LogP contribution in [0.3, 0.4) is 0 Å². The minimum atomic E-state index is -0.654. The summed E-state index contributed by atoms with van der Waals surface area (Å²) in [5.74, 6) is 0.0642. The van der Waals surface area contributed by atoms with Crippen LogP contribution in [0.15, 0.2) is 312 Å². The zero-order valence-electron chi connectivity index (χ0n) is 58.1. The number of hydrogen-bond acceptors (Lipinski definition) is 2. The van der Waals surface area contributed by atoms with Gasteiger partial charge >= 0.3 is 0 Å². The Morgan fingerprint density at radius 2 is 0.769 bits per heavy atom. The molecule has 488 valence electrons. The first-order valence-corrected chi connectivity index (χ1v) is 37.1. The van der Waals surface area contributed by atoms with E-state index in [9.17, 15) is 0 Å². The number of fused-ring (bicyclic) bond motifs is 39. The van der Waals surface area contributed by atoms with Crippen LogP contribution >= 0.6 is 0 Å². The molecule has 15 aromatic carbocycles. The number of hydrogen-bond donors (Lipinski definition) is 0. The number of aromatic nitrogens is 1. The van der Waals surface area contributed by atoms with E-state index in [4.69, 9.17) is 8.83 Å². The number of nitrogens with zero attached hydrogens (tertiary/aromatic N) is 1. The van der Waals surface area contributed by atoms with Crippen molar-refractivity contribution >= 4 is 65.7 Å². The third-order valence-corrected chi connectivity index (χ3v) is 26.0. The van der Waals surface area contributed by atoms with Gasteiger partial charge in [-0.2, -0.15) is 0 Å². The molecular formula is C101H67NO2. The molecule has 24 rings (SSSR count). The second kappa shape index (κ2) is 19.9. The highest BCUT2D eigenvalue weighted by Crippen LogP contribution is 2.70. The van der Waals surface area contributed by atoms with Gasteiger partial charge < -0.3 is 13.4 Å². The molecule has 104 heavy (non-hydrogen) atoms. The molecule has 3 heterocycles. The molecule has 0 saturated carbocycles.